The van der Waals surface area contributed by atoms with Gasteiger partial charge in [-0.3, -0.25) is 4.79 Å². The van der Waals surface area contributed by atoms with E-state index in [0.29, 0.717) is 36.7 Å². The van der Waals surface area contributed by atoms with E-state index in [2.05, 4.69) is 38.0 Å². The lowest BCUT2D eigenvalue weighted by Gasteiger charge is -2.35. The Morgan fingerprint density at radius 1 is 1.26 bits per heavy atom. The van der Waals surface area contributed by atoms with Gasteiger partial charge in [0.1, 0.15) is 5.69 Å². The Labute approximate surface area is 192 Å². The summed E-state index contributed by atoms with van der Waals surface area (Å²) in [6.07, 6.45) is 2.71. The van der Waals surface area contributed by atoms with Crippen LogP contribution in [0.15, 0.2) is 34.7 Å². The summed E-state index contributed by atoms with van der Waals surface area (Å²) in [5.41, 5.74) is 2.77. The number of rotatable bonds is 4. The normalized spacial score (nSPS) is 15.4. The Morgan fingerprint density at radius 3 is 2.39 bits per heavy atom. The number of benzene rings is 1. The highest BCUT2D eigenvalue weighted by atomic mass is 32.1. The van der Waals surface area contributed by atoms with Crippen LogP contribution < -0.4 is 5.01 Å². The van der Waals surface area contributed by atoms with Gasteiger partial charge in [-0.25, -0.2) is 5.01 Å². The zero-order valence-corrected chi connectivity index (χ0v) is 20.0. The average Bonchev–Trinajstić information content (AvgIpc) is 3.12. The van der Waals surface area contributed by atoms with Gasteiger partial charge in [0.2, 0.25) is 0 Å². The van der Waals surface area contributed by atoms with Gasteiger partial charge in [0, 0.05) is 24.7 Å². The lowest BCUT2D eigenvalue weighted by Crippen LogP contribution is -2.45. The number of carboxylic acid groups (broad SMARTS) is 1. The number of anilines is 1. The van der Waals surface area contributed by atoms with Crippen molar-refractivity contribution in [1.82, 2.24) is 4.90 Å². The van der Waals surface area contributed by atoms with Crippen molar-refractivity contribution in [3.63, 3.8) is 0 Å². The monoisotopic (exact) mass is 459 g/mol. The molecule has 1 aromatic carbocycles. The minimum absolute atomic E-state index is 0.0636. The Bertz CT molecular complexity index is 969. The lowest BCUT2D eigenvalue weighted by molar-refractivity contribution is -0.143. The Balaban J connectivity index is 1.84. The highest BCUT2D eigenvalue weighted by Crippen LogP contribution is 2.44. The summed E-state index contributed by atoms with van der Waals surface area (Å²) < 4.78 is 0. The molecule has 0 bridgehead atoms. The van der Waals surface area contributed by atoms with E-state index in [1.165, 1.54) is 16.9 Å². The van der Waals surface area contributed by atoms with Gasteiger partial charge >= 0.3 is 5.97 Å². The third-order valence-corrected chi connectivity index (χ3v) is 6.95. The molecule has 1 saturated heterocycles. The van der Waals surface area contributed by atoms with Crippen LogP contribution in [0.25, 0.3) is 10.4 Å². The molecule has 0 atom stereocenters. The first-order valence-corrected chi connectivity index (χ1v) is 11.6. The maximum atomic E-state index is 11.2. The maximum Gasteiger partial charge on any atom is 0.306 e. The highest BCUT2D eigenvalue weighted by molar-refractivity contribution is 7.80. The lowest BCUT2D eigenvalue weighted by atomic mass is 9.86. The fourth-order valence-corrected chi connectivity index (χ4v) is 4.86. The number of carbonyl (C=O) groups is 1. The highest BCUT2D eigenvalue weighted by Gasteiger charge is 2.29. The summed E-state index contributed by atoms with van der Waals surface area (Å²) in [5.74, 6) is -0.951. The number of aromatic hydroxyl groups is 1. The van der Waals surface area contributed by atoms with Crippen LogP contribution in [0.5, 0.6) is 5.75 Å². The number of likely N-dealkylation sites (tertiary alicyclic amines) is 1. The van der Waals surface area contributed by atoms with Crippen LogP contribution in [-0.4, -0.2) is 45.5 Å². The predicted molar refractivity (Wildman–Crippen MR) is 131 cm³/mol. The van der Waals surface area contributed by atoms with Crippen molar-refractivity contribution in [2.45, 2.75) is 46.0 Å². The van der Waals surface area contributed by atoms with Gasteiger partial charge in [-0.1, -0.05) is 45.0 Å². The first kappa shape index (κ1) is 23.2. The molecule has 8 heteroatoms. The molecule has 0 unspecified atom stereocenters. The number of hydrazone groups is 1. The standard InChI is InChI=1S/C23H29N3O3S2/c1-5-24-26(22(30)25-12-10-16(11-13-25)21(28)29)18-14-31-20(19(18)27)15-6-8-17(9-7-15)23(2,3)4/h5-9,14,16,27H,10-13H2,1-4H3,(H,28,29). The first-order valence-electron chi connectivity index (χ1n) is 10.3. The smallest absolute Gasteiger partial charge is 0.306 e. The van der Waals surface area contributed by atoms with Gasteiger partial charge in [-0.15, -0.1) is 11.3 Å². The maximum absolute atomic E-state index is 11.2. The molecule has 31 heavy (non-hydrogen) atoms. The number of thiophene rings is 1. The zero-order chi connectivity index (χ0) is 22.8. The van der Waals surface area contributed by atoms with Crippen LogP contribution in [0.4, 0.5) is 5.69 Å². The molecule has 1 aliphatic rings. The summed E-state index contributed by atoms with van der Waals surface area (Å²) in [7, 11) is 0. The minimum atomic E-state index is -0.758. The number of hydrogen-bond donors (Lipinski definition) is 2. The molecule has 1 aromatic heterocycles. The van der Waals surface area contributed by atoms with Crippen LogP contribution in [0.1, 0.15) is 46.1 Å². The molecular formula is C23H29N3O3S2. The SMILES string of the molecule is CC=NN(C(=S)N1CCC(C(=O)O)CC1)c1csc(-c2ccc(C(C)(C)C)cc2)c1O. The van der Waals surface area contributed by atoms with Gasteiger partial charge in [0.15, 0.2) is 10.9 Å². The summed E-state index contributed by atoms with van der Waals surface area (Å²) in [4.78, 5) is 13.9. The molecule has 0 aliphatic carbocycles. The van der Waals surface area contributed by atoms with E-state index >= 15 is 0 Å². The Hall–Kier alpha value is -2.45. The van der Waals surface area contributed by atoms with Crippen molar-refractivity contribution in [2.24, 2.45) is 11.0 Å². The number of carboxylic acids is 1. The van der Waals surface area contributed by atoms with E-state index < -0.39 is 5.97 Å². The van der Waals surface area contributed by atoms with Crippen molar-refractivity contribution in [3.8, 4) is 16.2 Å². The van der Waals surface area contributed by atoms with Crippen molar-refractivity contribution < 1.29 is 15.0 Å². The van der Waals surface area contributed by atoms with Crippen molar-refractivity contribution >= 4 is 46.5 Å². The van der Waals surface area contributed by atoms with E-state index in [9.17, 15) is 15.0 Å². The number of piperidine rings is 1. The molecule has 2 heterocycles. The Kier molecular flexibility index (Phi) is 7.01. The third kappa shape index (κ3) is 5.07. The van der Waals surface area contributed by atoms with E-state index in [1.54, 1.807) is 18.1 Å². The molecule has 166 valence electrons. The minimum Gasteiger partial charge on any atom is -0.504 e. The molecule has 2 N–H and O–H groups in total. The van der Waals surface area contributed by atoms with Crippen molar-refractivity contribution in [1.29, 1.82) is 0 Å². The molecule has 0 spiro atoms. The van der Waals surface area contributed by atoms with Gasteiger partial charge in [-0.05, 0) is 48.5 Å². The fourth-order valence-electron chi connectivity index (χ4n) is 3.60. The second kappa shape index (κ2) is 9.36. The number of aliphatic carboxylic acids is 1. The van der Waals surface area contributed by atoms with E-state index in [1.807, 2.05) is 22.4 Å². The Morgan fingerprint density at radius 2 is 1.87 bits per heavy atom. The molecule has 3 rings (SSSR count). The van der Waals surface area contributed by atoms with Crippen LogP contribution in [0.2, 0.25) is 0 Å². The molecule has 0 radical (unpaired) electrons. The fraction of sp³-hybridized carbons (Fsp3) is 0.435. The molecular weight excluding hydrogens is 430 g/mol. The van der Waals surface area contributed by atoms with E-state index in [0.717, 1.165) is 10.4 Å². The molecule has 2 aromatic rings. The molecule has 0 saturated carbocycles. The molecule has 1 aliphatic heterocycles. The van der Waals surface area contributed by atoms with Crippen LogP contribution in [0.3, 0.4) is 0 Å². The van der Waals surface area contributed by atoms with E-state index in [-0.39, 0.29) is 17.1 Å². The second-order valence-corrected chi connectivity index (χ2v) is 9.94. The van der Waals surface area contributed by atoms with Gasteiger partial charge in [-0.2, -0.15) is 5.10 Å². The van der Waals surface area contributed by atoms with Gasteiger partial charge < -0.3 is 15.1 Å². The quantitative estimate of drug-likeness (QED) is 0.366. The van der Waals surface area contributed by atoms with Gasteiger partial charge in [0.05, 0.1) is 10.8 Å². The predicted octanol–water partition coefficient (Wildman–Crippen LogP) is 5.31. The zero-order valence-electron chi connectivity index (χ0n) is 18.3. The summed E-state index contributed by atoms with van der Waals surface area (Å²) >= 11 is 7.12. The summed E-state index contributed by atoms with van der Waals surface area (Å²) in [6, 6.07) is 8.23. The first-order chi connectivity index (χ1) is 14.6. The average molecular weight is 460 g/mol. The van der Waals surface area contributed by atoms with Crippen molar-refractivity contribution in [3.05, 3.63) is 35.2 Å². The number of nitrogens with zero attached hydrogens (tertiary/aromatic N) is 3. The third-order valence-electron chi connectivity index (χ3n) is 5.51. The van der Waals surface area contributed by atoms with Crippen LogP contribution in [-0.2, 0) is 10.2 Å². The van der Waals surface area contributed by atoms with Crippen LogP contribution in [0, 0.1) is 5.92 Å². The van der Waals surface area contributed by atoms with Gasteiger partial charge in [0.25, 0.3) is 0 Å². The second-order valence-electron chi connectivity index (χ2n) is 8.69. The molecule has 0 amide bonds. The topological polar surface area (TPSA) is 76.4 Å². The largest absolute Gasteiger partial charge is 0.504 e. The van der Waals surface area contributed by atoms with Crippen LogP contribution >= 0.6 is 23.6 Å². The molecule has 6 nitrogen and oxygen atoms in total. The molecule has 1 fully saturated rings. The number of hydrogen-bond acceptors (Lipinski definition) is 5. The summed E-state index contributed by atoms with van der Waals surface area (Å²) in [6.45, 7) is 9.41. The van der Waals surface area contributed by atoms with Crippen molar-refractivity contribution in [2.75, 3.05) is 18.1 Å². The number of thiocarbonyl (C=S) groups is 1. The van der Waals surface area contributed by atoms with E-state index in [4.69, 9.17) is 12.2 Å². The summed E-state index contributed by atoms with van der Waals surface area (Å²) in [5, 5.41) is 28.5.